The number of ether oxygens (including phenoxy) is 1. The number of hydrogen-bond acceptors (Lipinski definition) is 4. The highest BCUT2D eigenvalue weighted by molar-refractivity contribution is 6.36. The molecular weight excluding hydrogens is 135 g/mol. The molecule has 0 aromatic rings. The van der Waals surface area contributed by atoms with Crippen LogP contribution in [0.1, 0.15) is 0 Å². The Morgan fingerprint density at radius 2 is 1.60 bits per heavy atom. The first-order valence-electron chi connectivity index (χ1n) is 3.01. The molecule has 0 bridgehead atoms. The van der Waals surface area contributed by atoms with Crippen molar-refractivity contribution in [3.63, 3.8) is 0 Å². The van der Waals surface area contributed by atoms with Crippen molar-refractivity contribution < 1.29 is 18.7 Å². The second-order valence-electron chi connectivity index (χ2n) is 1.62. The summed E-state index contributed by atoms with van der Waals surface area (Å²) in [5.41, 5.74) is 0. The molecule has 10 heavy (non-hydrogen) atoms. The zero-order chi connectivity index (χ0) is 7.82. The Bertz CT molecular complexity index is 66.7. The third kappa shape index (κ3) is 4.75. The van der Waals surface area contributed by atoms with E-state index in [9.17, 15) is 0 Å². The minimum absolute atomic E-state index is 0.475. The van der Waals surface area contributed by atoms with E-state index in [1.165, 1.54) is 14.2 Å². The number of rotatable bonds is 6. The normalized spacial score (nSPS) is 9.90. The third-order valence-electron chi connectivity index (χ3n) is 0.926. The summed E-state index contributed by atoms with van der Waals surface area (Å²) in [5.74, 6) is 0. The van der Waals surface area contributed by atoms with Crippen LogP contribution in [0, 0.1) is 0 Å². The molecule has 0 amide bonds. The van der Waals surface area contributed by atoms with Gasteiger partial charge in [0.1, 0.15) is 0 Å². The standard InChI is InChI=1S/C5H13BO4/c1-7-4-5-10-6(8-2)9-3/h4-5H2,1-3H3. The van der Waals surface area contributed by atoms with Crippen LogP contribution < -0.4 is 0 Å². The molecule has 0 aromatic heterocycles. The fourth-order valence-electron chi connectivity index (χ4n) is 0.460. The van der Waals surface area contributed by atoms with E-state index in [2.05, 4.69) is 0 Å². The topological polar surface area (TPSA) is 36.9 Å². The maximum atomic E-state index is 5.01. The summed E-state index contributed by atoms with van der Waals surface area (Å²) >= 11 is 0. The molecule has 0 aliphatic carbocycles. The van der Waals surface area contributed by atoms with E-state index in [1.807, 2.05) is 0 Å². The summed E-state index contributed by atoms with van der Waals surface area (Å²) in [7, 11) is 4.06. The van der Waals surface area contributed by atoms with Gasteiger partial charge in [-0.25, -0.2) is 0 Å². The second-order valence-corrected chi connectivity index (χ2v) is 1.62. The predicted octanol–water partition coefficient (Wildman–Crippen LogP) is -0.0729. The van der Waals surface area contributed by atoms with Gasteiger partial charge >= 0.3 is 7.32 Å². The lowest BCUT2D eigenvalue weighted by Gasteiger charge is -2.07. The van der Waals surface area contributed by atoms with Gasteiger partial charge < -0.3 is 18.7 Å². The van der Waals surface area contributed by atoms with Gasteiger partial charge in [-0.15, -0.1) is 0 Å². The van der Waals surface area contributed by atoms with Gasteiger partial charge in [0, 0.05) is 21.3 Å². The molecule has 0 atom stereocenters. The van der Waals surface area contributed by atoms with Gasteiger partial charge in [0.2, 0.25) is 0 Å². The Morgan fingerprint density at radius 3 is 2.00 bits per heavy atom. The lowest BCUT2D eigenvalue weighted by molar-refractivity contribution is 0.0906. The van der Waals surface area contributed by atoms with Crippen molar-refractivity contribution in [2.45, 2.75) is 0 Å². The fourth-order valence-corrected chi connectivity index (χ4v) is 0.460. The minimum atomic E-state index is -0.574. The van der Waals surface area contributed by atoms with Crippen molar-refractivity contribution in [3.8, 4) is 0 Å². The van der Waals surface area contributed by atoms with Crippen molar-refractivity contribution in [2.24, 2.45) is 0 Å². The fraction of sp³-hybridized carbons (Fsp3) is 1.00. The Morgan fingerprint density at radius 1 is 1.00 bits per heavy atom. The lowest BCUT2D eigenvalue weighted by Crippen LogP contribution is -2.25. The highest BCUT2D eigenvalue weighted by Crippen LogP contribution is 1.86. The summed E-state index contributed by atoms with van der Waals surface area (Å²) in [6, 6.07) is 0. The predicted molar refractivity (Wildman–Crippen MR) is 37.6 cm³/mol. The van der Waals surface area contributed by atoms with Crippen LogP contribution in [0.2, 0.25) is 0 Å². The highest BCUT2D eigenvalue weighted by atomic mass is 16.7. The van der Waals surface area contributed by atoms with Gasteiger partial charge in [0.25, 0.3) is 0 Å². The summed E-state index contributed by atoms with van der Waals surface area (Å²) in [4.78, 5) is 0. The minimum Gasteiger partial charge on any atom is -0.389 e. The molecule has 0 unspecified atom stereocenters. The van der Waals surface area contributed by atoms with Crippen LogP contribution in [0.3, 0.4) is 0 Å². The average Bonchev–Trinajstić information content (AvgIpc) is 1.99. The van der Waals surface area contributed by atoms with Gasteiger partial charge in [0.05, 0.1) is 13.2 Å². The summed E-state index contributed by atoms with van der Waals surface area (Å²) in [6.07, 6.45) is 0. The van der Waals surface area contributed by atoms with Crippen molar-refractivity contribution in [1.29, 1.82) is 0 Å². The Kier molecular flexibility index (Phi) is 6.95. The van der Waals surface area contributed by atoms with Crippen molar-refractivity contribution >= 4 is 7.32 Å². The Balaban J connectivity index is 3.09. The SMILES string of the molecule is COCCOB(OC)OC. The Hall–Kier alpha value is -0.0951. The second kappa shape index (κ2) is 7.02. The van der Waals surface area contributed by atoms with Crippen molar-refractivity contribution in [3.05, 3.63) is 0 Å². The molecule has 0 N–H and O–H groups in total. The number of methoxy groups -OCH3 is 1. The Labute approximate surface area is 61.6 Å². The van der Waals surface area contributed by atoms with E-state index in [0.717, 1.165) is 0 Å². The monoisotopic (exact) mass is 148 g/mol. The van der Waals surface area contributed by atoms with E-state index in [-0.39, 0.29) is 0 Å². The molecular formula is C5H13BO4. The van der Waals surface area contributed by atoms with Gasteiger partial charge in [-0.05, 0) is 0 Å². The van der Waals surface area contributed by atoms with Crippen LogP contribution in [0.15, 0.2) is 0 Å². The summed E-state index contributed by atoms with van der Waals surface area (Å²) < 4.78 is 19.2. The zero-order valence-electron chi connectivity index (χ0n) is 6.62. The van der Waals surface area contributed by atoms with E-state index in [0.29, 0.717) is 13.2 Å². The first-order chi connectivity index (χ1) is 4.85. The molecule has 0 rings (SSSR count). The molecule has 0 heterocycles. The molecule has 0 saturated heterocycles. The van der Waals surface area contributed by atoms with Crippen LogP contribution >= 0.6 is 0 Å². The molecule has 0 radical (unpaired) electrons. The summed E-state index contributed by atoms with van der Waals surface area (Å²) in [5, 5.41) is 0. The first kappa shape index (κ1) is 9.90. The van der Waals surface area contributed by atoms with Gasteiger partial charge in [-0.2, -0.15) is 0 Å². The van der Waals surface area contributed by atoms with Crippen LogP contribution in [0.4, 0.5) is 0 Å². The number of hydrogen-bond donors (Lipinski definition) is 0. The first-order valence-corrected chi connectivity index (χ1v) is 3.01. The highest BCUT2D eigenvalue weighted by Gasteiger charge is 2.15. The van der Waals surface area contributed by atoms with Gasteiger partial charge in [0.15, 0.2) is 0 Å². The lowest BCUT2D eigenvalue weighted by atomic mass is 10.2. The molecule has 60 valence electrons. The average molecular weight is 148 g/mol. The molecule has 0 saturated carbocycles. The molecule has 0 spiro atoms. The van der Waals surface area contributed by atoms with Crippen molar-refractivity contribution in [1.82, 2.24) is 0 Å². The third-order valence-corrected chi connectivity index (χ3v) is 0.926. The quantitative estimate of drug-likeness (QED) is 0.390. The van der Waals surface area contributed by atoms with E-state index in [1.54, 1.807) is 7.11 Å². The summed E-state index contributed by atoms with van der Waals surface area (Å²) in [6.45, 7) is 1.02. The van der Waals surface area contributed by atoms with Crippen LogP contribution in [0.25, 0.3) is 0 Å². The molecule has 0 aliphatic rings. The zero-order valence-corrected chi connectivity index (χ0v) is 6.62. The largest absolute Gasteiger partial charge is 0.639 e. The molecule has 4 nitrogen and oxygen atoms in total. The van der Waals surface area contributed by atoms with Crippen LogP contribution in [-0.4, -0.2) is 41.9 Å². The molecule has 0 aromatic carbocycles. The van der Waals surface area contributed by atoms with E-state index >= 15 is 0 Å². The van der Waals surface area contributed by atoms with Gasteiger partial charge in [-0.1, -0.05) is 0 Å². The maximum Gasteiger partial charge on any atom is 0.639 e. The molecule has 0 aliphatic heterocycles. The van der Waals surface area contributed by atoms with Crippen molar-refractivity contribution in [2.75, 3.05) is 34.5 Å². The van der Waals surface area contributed by atoms with Gasteiger partial charge in [-0.3, -0.25) is 0 Å². The van der Waals surface area contributed by atoms with Crippen LogP contribution in [0.5, 0.6) is 0 Å². The van der Waals surface area contributed by atoms with Crippen LogP contribution in [-0.2, 0) is 18.7 Å². The maximum absolute atomic E-state index is 5.01. The smallest absolute Gasteiger partial charge is 0.389 e. The van der Waals surface area contributed by atoms with E-state index < -0.39 is 7.32 Å². The van der Waals surface area contributed by atoms with E-state index in [4.69, 9.17) is 18.7 Å². The molecule has 0 fully saturated rings. The molecule has 5 heteroatoms.